The Morgan fingerprint density at radius 2 is 2.03 bits per heavy atom. The summed E-state index contributed by atoms with van der Waals surface area (Å²) in [4.78, 5) is 15.1. The lowest BCUT2D eigenvalue weighted by molar-refractivity contribution is 0.222. The maximum absolute atomic E-state index is 12.6. The van der Waals surface area contributed by atoms with E-state index in [1.165, 1.54) is 25.0 Å². The molecule has 1 aliphatic heterocycles. The van der Waals surface area contributed by atoms with Crippen molar-refractivity contribution in [1.29, 1.82) is 0 Å². The quantitative estimate of drug-likeness (QED) is 0.358. The third-order valence-electron chi connectivity index (χ3n) is 6.76. The first-order valence-electron chi connectivity index (χ1n) is 12.6. The number of anilines is 3. The van der Waals surface area contributed by atoms with Crippen LogP contribution in [0.2, 0.25) is 5.02 Å². The van der Waals surface area contributed by atoms with Gasteiger partial charge in [0.2, 0.25) is 5.95 Å². The summed E-state index contributed by atoms with van der Waals surface area (Å²) < 4.78 is 31.0. The Bertz CT molecular complexity index is 1300. The number of rotatable bonds is 10. The molecule has 0 radical (unpaired) electrons. The minimum atomic E-state index is -3.74. The van der Waals surface area contributed by atoms with Gasteiger partial charge in [0.05, 0.1) is 29.9 Å². The molecule has 3 rings (SSSR count). The van der Waals surface area contributed by atoms with E-state index in [4.69, 9.17) is 22.1 Å². The topological polar surface area (TPSA) is 135 Å². The molecule has 0 bridgehead atoms. The molecule has 38 heavy (non-hydrogen) atoms. The molecule has 1 aromatic heterocycles. The van der Waals surface area contributed by atoms with Crippen molar-refractivity contribution in [1.82, 2.24) is 14.9 Å². The fraction of sp³-hybridized carbons (Fsp3) is 0.500. The van der Waals surface area contributed by atoms with Crippen LogP contribution in [0.5, 0.6) is 5.75 Å². The van der Waals surface area contributed by atoms with Crippen molar-refractivity contribution in [2.45, 2.75) is 51.7 Å². The van der Waals surface area contributed by atoms with Crippen molar-refractivity contribution in [3.05, 3.63) is 45.2 Å². The zero-order valence-corrected chi connectivity index (χ0v) is 24.4. The lowest BCUT2D eigenvalue weighted by atomic mass is 9.86. The first-order valence-corrected chi connectivity index (χ1v) is 14.6. The van der Waals surface area contributed by atoms with Crippen LogP contribution in [0.4, 0.5) is 17.5 Å². The van der Waals surface area contributed by atoms with E-state index in [0.29, 0.717) is 17.4 Å². The van der Waals surface area contributed by atoms with Crippen LogP contribution in [0.15, 0.2) is 34.0 Å². The number of nitrogens with one attached hydrogen (secondary N) is 2. The highest BCUT2D eigenvalue weighted by Crippen LogP contribution is 2.37. The average molecular weight is 564 g/mol. The first kappa shape index (κ1) is 29.7. The molecule has 0 spiro atoms. The normalized spacial score (nSPS) is 16.1. The monoisotopic (exact) mass is 563 g/mol. The van der Waals surface area contributed by atoms with Gasteiger partial charge in [-0.25, -0.2) is 13.4 Å². The molecule has 0 unspecified atom stereocenters. The second-order valence-electron chi connectivity index (χ2n) is 9.52. The minimum absolute atomic E-state index is 0.0691. The van der Waals surface area contributed by atoms with Gasteiger partial charge in [0.25, 0.3) is 0 Å². The molecular weight excluding hydrogens is 526 g/mol. The zero-order valence-electron chi connectivity index (χ0n) is 22.9. The van der Waals surface area contributed by atoms with Gasteiger partial charge in [-0.15, -0.1) is 0 Å². The number of sulfone groups is 1. The van der Waals surface area contributed by atoms with Crippen molar-refractivity contribution in [2.24, 2.45) is 10.7 Å². The Labute approximate surface area is 230 Å². The molecule has 0 aliphatic carbocycles. The van der Waals surface area contributed by atoms with Crippen molar-refractivity contribution in [2.75, 3.05) is 44.4 Å². The van der Waals surface area contributed by atoms with E-state index in [-0.39, 0.29) is 27.5 Å². The van der Waals surface area contributed by atoms with Crippen LogP contribution in [0.3, 0.4) is 0 Å². The molecule has 1 aliphatic rings. The Hall–Kier alpha value is -2.89. The summed E-state index contributed by atoms with van der Waals surface area (Å²) in [5.41, 5.74) is 9.23. The fourth-order valence-corrected chi connectivity index (χ4v) is 5.48. The van der Waals surface area contributed by atoms with Crippen LogP contribution < -0.4 is 21.1 Å². The van der Waals surface area contributed by atoms with Crippen molar-refractivity contribution >= 4 is 45.1 Å². The molecule has 12 heteroatoms. The lowest BCUT2D eigenvalue weighted by Crippen LogP contribution is -2.32. The predicted molar refractivity (Wildman–Crippen MR) is 155 cm³/mol. The zero-order chi connectivity index (χ0) is 28.0. The summed E-state index contributed by atoms with van der Waals surface area (Å²) in [5, 5.41) is 5.24. The number of aryl methyl sites for hydroxylation is 1. The maximum atomic E-state index is 12.6. The Morgan fingerprint density at radius 3 is 2.61 bits per heavy atom. The van der Waals surface area contributed by atoms with Crippen LogP contribution >= 0.6 is 11.6 Å². The molecule has 208 valence electrons. The van der Waals surface area contributed by atoms with Crippen LogP contribution in [-0.2, 0) is 9.84 Å². The number of aromatic nitrogens is 2. The number of hydrogen-bond acceptors (Lipinski definition) is 10. The third kappa shape index (κ3) is 6.75. The highest BCUT2D eigenvalue weighted by Gasteiger charge is 2.25. The third-order valence-corrected chi connectivity index (χ3v) is 9.11. The Morgan fingerprint density at radius 1 is 1.34 bits per heavy atom. The average Bonchev–Trinajstić information content (AvgIpc) is 2.90. The number of halogens is 1. The summed E-state index contributed by atoms with van der Waals surface area (Å²) in [5.74, 6) is 1.59. The molecule has 4 N–H and O–H groups in total. The summed E-state index contributed by atoms with van der Waals surface area (Å²) >= 11 is 6.34. The van der Waals surface area contributed by atoms with Crippen LogP contribution in [0.1, 0.15) is 50.7 Å². The van der Waals surface area contributed by atoms with Crippen LogP contribution in [0, 0.1) is 6.92 Å². The van der Waals surface area contributed by atoms with Gasteiger partial charge < -0.3 is 26.0 Å². The molecule has 2 aromatic rings. The van der Waals surface area contributed by atoms with E-state index < -0.39 is 15.1 Å². The lowest BCUT2D eigenvalue weighted by Gasteiger charge is -2.32. The van der Waals surface area contributed by atoms with E-state index in [1.807, 2.05) is 6.07 Å². The number of methoxy groups -OCH3 is 1. The van der Waals surface area contributed by atoms with E-state index in [9.17, 15) is 8.42 Å². The summed E-state index contributed by atoms with van der Waals surface area (Å²) in [6.45, 7) is 10.7. The number of aliphatic imine (C=N–C) groups is 1. The van der Waals surface area contributed by atoms with E-state index in [1.54, 1.807) is 21.0 Å². The molecule has 1 fully saturated rings. The minimum Gasteiger partial charge on any atom is -0.495 e. The number of nitrogens with two attached hydrogens (primary N) is 1. The Kier molecular flexibility index (Phi) is 9.97. The van der Waals surface area contributed by atoms with E-state index in [0.717, 1.165) is 38.0 Å². The van der Waals surface area contributed by atoms with Crippen LogP contribution in [-0.4, -0.2) is 68.5 Å². The summed E-state index contributed by atoms with van der Waals surface area (Å²) in [7, 11) is -0.596. The molecule has 10 nitrogen and oxygen atoms in total. The number of likely N-dealkylation sites (tertiary alicyclic amines) is 1. The van der Waals surface area contributed by atoms with Gasteiger partial charge in [0.1, 0.15) is 10.8 Å². The van der Waals surface area contributed by atoms with Gasteiger partial charge in [-0.3, -0.25) is 4.99 Å². The molecule has 0 amide bonds. The van der Waals surface area contributed by atoms with Crippen molar-refractivity contribution in [3.8, 4) is 5.75 Å². The van der Waals surface area contributed by atoms with Gasteiger partial charge >= 0.3 is 0 Å². The first-order chi connectivity index (χ1) is 18.0. The number of hydrogen-bond donors (Lipinski definition) is 3. The largest absolute Gasteiger partial charge is 0.495 e. The second kappa shape index (κ2) is 12.8. The van der Waals surface area contributed by atoms with Gasteiger partial charge in [0, 0.05) is 13.3 Å². The number of piperidine rings is 1. The fourth-order valence-electron chi connectivity index (χ4n) is 4.43. The van der Waals surface area contributed by atoms with Gasteiger partial charge in [0.15, 0.2) is 20.7 Å². The van der Waals surface area contributed by atoms with Crippen molar-refractivity contribution in [3.63, 3.8) is 0 Å². The van der Waals surface area contributed by atoms with Gasteiger partial charge in [-0.2, -0.15) is 4.98 Å². The molecule has 1 aromatic carbocycles. The summed E-state index contributed by atoms with van der Waals surface area (Å²) in [6.07, 6.45) is 4.97. The number of allylic oxidation sites excluding steroid dienone is 1. The summed E-state index contributed by atoms with van der Waals surface area (Å²) in [6, 6.07) is 4.13. The highest BCUT2D eigenvalue weighted by atomic mass is 35.5. The second-order valence-corrected chi connectivity index (χ2v) is 12.4. The van der Waals surface area contributed by atoms with E-state index in [2.05, 4.69) is 50.4 Å². The standard InChI is InChI=1S/C26H38ClN7O3S/c1-7-34-10-8-18(9-11-34)19-13-23(37-6)21(12-17(19)4)32-26-30-14-20(27)25(33-26)31-22(15-29-5)24(28)38(35,36)16(2)3/h12-16,18H,7-11,28H2,1-6H3,(H2,30,31,32,33). The molecule has 0 saturated carbocycles. The number of ether oxygens (including phenoxy) is 1. The molecule has 1 saturated heterocycles. The highest BCUT2D eigenvalue weighted by molar-refractivity contribution is 7.95. The Balaban J connectivity index is 1.90. The molecular formula is C26H38ClN7O3S. The van der Waals surface area contributed by atoms with Crippen molar-refractivity contribution < 1.29 is 13.2 Å². The number of benzene rings is 1. The smallest absolute Gasteiger partial charge is 0.229 e. The SMILES string of the molecule is CCN1CCC(c2cc(OC)c(Nc3ncc(Cl)c(NC(C=NC)=C(N)S(=O)(=O)C(C)C)n3)cc2C)CC1. The van der Waals surface area contributed by atoms with Gasteiger partial charge in [-0.1, -0.05) is 18.5 Å². The molecule has 0 atom stereocenters. The number of nitrogens with zero attached hydrogens (tertiary/aromatic N) is 4. The van der Waals surface area contributed by atoms with E-state index >= 15 is 0 Å². The van der Waals surface area contributed by atoms with Crippen LogP contribution in [0.25, 0.3) is 0 Å². The predicted octanol–water partition coefficient (Wildman–Crippen LogP) is 4.45. The maximum Gasteiger partial charge on any atom is 0.229 e. The molecule has 2 heterocycles. The van der Waals surface area contributed by atoms with Gasteiger partial charge in [-0.05, 0) is 82.4 Å².